The van der Waals surface area contributed by atoms with Gasteiger partial charge in [0.15, 0.2) is 0 Å². The van der Waals surface area contributed by atoms with E-state index in [1.807, 2.05) is 30.5 Å². The highest BCUT2D eigenvalue weighted by atomic mass is 16.5. The Morgan fingerprint density at radius 1 is 1.26 bits per heavy atom. The van der Waals surface area contributed by atoms with Gasteiger partial charge in [0.1, 0.15) is 11.5 Å². The number of nitrogens with one attached hydrogen (secondary N) is 1. The molecule has 5 nitrogen and oxygen atoms in total. The average Bonchev–Trinajstić information content (AvgIpc) is 2.59. The van der Waals surface area contributed by atoms with Crippen LogP contribution in [0.2, 0.25) is 0 Å². The minimum atomic E-state index is 0.489. The maximum Gasteiger partial charge on any atom is 0.127 e. The Labute approximate surface area is 139 Å². The molecule has 6 N–H and O–H groups in total. The van der Waals surface area contributed by atoms with E-state index >= 15 is 0 Å². The van der Waals surface area contributed by atoms with Crippen LogP contribution in [0.15, 0.2) is 41.9 Å². The first-order chi connectivity index (χ1) is 11.1. The van der Waals surface area contributed by atoms with E-state index in [1.54, 1.807) is 14.2 Å². The van der Waals surface area contributed by atoms with E-state index in [1.165, 1.54) is 5.57 Å². The molecule has 0 atom stereocenters. The number of hydrogen-bond acceptors (Lipinski definition) is 4. The van der Waals surface area contributed by atoms with E-state index < -0.39 is 0 Å². The van der Waals surface area contributed by atoms with Crippen LogP contribution in [0.1, 0.15) is 32.3 Å². The summed E-state index contributed by atoms with van der Waals surface area (Å²) in [6, 6.07) is 5.74. The van der Waals surface area contributed by atoms with Crippen molar-refractivity contribution in [3.8, 4) is 11.5 Å². The SMILES string of the molecule is CCC(CC)C(=C/[NH3+])/C=C(\N)NCc1ccc(OC)cc1OC. The van der Waals surface area contributed by atoms with Crippen molar-refractivity contribution in [2.75, 3.05) is 14.2 Å². The van der Waals surface area contributed by atoms with Gasteiger partial charge < -0.3 is 26.3 Å². The summed E-state index contributed by atoms with van der Waals surface area (Å²) in [6.45, 7) is 4.94. The molecule has 0 radical (unpaired) electrons. The van der Waals surface area contributed by atoms with E-state index in [2.05, 4.69) is 24.9 Å². The van der Waals surface area contributed by atoms with Crippen LogP contribution in [0.3, 0.4) is 0 Å². The van der Waals surface area contributed by atoms with Crippen LogP contribution in [-0.4, -0.2) is 14.2 Å². The summed E-state index contributed by atoms with van der Waals surface area (Å²) in [5.41, 5.74) is 12.2. The summed E-state index contributed by atoms with van der Waals surface area (Å²) in [7, 11) is 3.28. The molecule has 0 spiro atoms. The molecular weight excluding hydrogens is 290 g/mol. The van der Waals surface area contributed by atoms with Gasteiger partial charge in [0, 0.05) is 23.7 Å². The van der Waals surface area contributed by atoms with Gasteiger partial charge in [0.25, 0.3) is 0 Å². The van der Waals surface area contributed by atoms with Crippen LogP contribution in [0, 0.1) is 5.92 Å². The van der Waals surface area contributed by atoms with E-state index in [-0.39, 0.29) is 0 Å². The van der Waals surface area contributed by atoms with Crippen LogP contribution >= 0.6 is 0 Å². The molecule has 0 saturated heterocycles. The van der Waals surface area contributed by atoms with E-state index in [0.29, 0.717) is 18.3 Å². The molecule has 1 aromatic carbocycles. The van der Waals surface area contributed by atoms with Crippen molar-refractivity contribution < 1.29 is 15.2 Å². The zero-order valence-corrected chi connectivity index (χ0v) is 14.7. The largest absolute Gasteiger partial charge is 0.497 e. The fourth-order valence-electron chi connectivity index (χ4n) is 2.53. The lowest BCUT2D eigenvalue weighted by Crippen LogP contribution is -2.40. The highest BCUT2D eigenvalue weighted by Gasteiger charge is 2.10. The van der Waals surface area contributed by atoms with Gasteiger partial charge in [-0.05, 0) is 37.0 Å². The van der Waals surface area contributed by atoms with Crippen LogP contribution in [0.5, 0.6) is 11.5 Å². The molecule has 1 aromatic rings. The Balaban J connectivity index is 2.79. The number of nitrogens with two attached hydrogens (primary N) is 1. The van der Waals surface area contributed by atoms with Gasteiger partial charge in [-0.25, -0.2) is 0 Å². The highest BCUT2D eigenvalue weighted by molar-refractivity contribution is 5.41. The van der Waals surface area contributed by atoms with E-state index in [4.69, 9.17) is 15.2 Å². The zero-order valence-electron chi connectivity index (χ0n) is 14.7. The standard InChI is InChI=1S/C18H29N3O2/c1-5-13(6-2)15(11-19)9-18(20)21-12-14-7-8-16(22-3)10-17(14)23-4/h7-11,13,21H,5-6,12,19-20H2,1-4H3/p+1/b15-11+,18-9+. The van der Waals surface area contributed by atoms with Crippen molar-refractivity contribution >= 4 is 0 Å². The second-order valence-electron chi connectivity index (χ2n) is 5.35. The number of ether oxygens (including phenoxy) is 2. The lowest BCUT2D eigenvalue weighted by molar-refractivity contribution is -0.276. The Bertz CT molecular complexity index is 549. The first-order valence-corrected chi connectivity index (χ1v) is 8.00. The Kier molecular flexibility index (Phi) is 8.05. The Morgan fingerprint density at radius 3 is 2.48 bits per heavy atom. The van der Waals surface area contributed by atoms with Gasteiger partial charge in [-0.3, -0.25) is 0 Å². The molecule has 0 fully saturated rings. The van der Waals surface area contributed by atoms with Crippen molar-refractivity contribution in [3.63, 3.8) is 0 Å². The van der Waals surface area contributed by atoms with Gasteiger partial charge >= 0.3 is 0 Å². The van der Waals surface area contributed by atoms with Crippen molar-refractivity contribution in [2.24, 2.45) is 11.7 Å². The second kappa shape index (κ2) is 9.79. The molecular formula is C18H30N3O2+. The smallest absolute Gasteiger partial charge is 0.127 e. The summed E-state index contributed by atoms with van der Waals surface area (Å²) in [6.07, 6.45) is 6.02. The summed E-state index contributed by atoms with van der Waals surface area (Å²) in [4.78, 5) is 0. The third kappa shape index (κ3) is 5.53. The van der Waals surface area contributed by atoms with Crippen LogP contribution in [-0.2, 0) is 6.54 Å². The van der Waals surface area contributed by atoms with E-state index in [9.17, 15) is 0 Å². The van der Waals surface area contributed by atoms with Crippen LogP contribution in [0.25, 0.3) is 0 Å². The van der Waals surface area contributed by atoms with Gasteiger partial charge in [-0.1, -0.05) is 13.8 Å². The summed E-state index contributed by atoms with van der Waals surface area (Å²) >= 11 is 0. The minimum Gasteiger partial charge on any atom is -0.497 e. The second-order valence-corrected chi connectivity index (χ2v) is 5.35. The molecule has 0 aliphatic rings. The Hall–Kier alpha value is -2.14. The number of allylic oxidation sites excluding steroid dienone is 2. The minimum absolute atomic E-state index is 0.489. The normalized spacial score (nSPS) is 12.4. The van der Waals surface area contributed by atoms with Gasteiger partial charge in [-0.2, -0.15) is 0 Å². The van der Waals surface area contributed by atoms with Crippen LogP contribution in [0.4, 0.5) is 0 Å². The van der Waals surface area contributed by atoms with Crippen molar-refractivity contribution in [2.45, 2.75) is 33.2 Å². The van der Waals surface area contributed by atoms with Gasteiger partial charge in [-0.15, -0.1) is 0 Å². The van der Waals surface area contributed by atoms with Crippen molar-refractivity contribution in [1.82, 2.24) is 5.32 Å². The first-order valence-electron chi connectivity index (χ1n) is 8.00. The highest BCUT2D eigenvalue weighted by Crippen LogP contribution is 2.24. The molecule has 0 amide bonds. The van der Waals surface area contributed by atoms with Gasteiger partial charge in [0.05, 0.1) is 26.2 Å². The number of hydrogen-bond donors (Lipinski definition) is 3. The van der Waals surface area contributed by atoms with Crippen molar-refractivity contribution in [3.05, 3.63) is 47.4 Å². The summed E-state index contributed by atoms with van der Waals surface area (Å²) in [5, 5.41) is 3.23. The number of methoxy groups -OCH3 is 2. The lowest BCUT2D eigenvalue weighted by atomic mass is 9.94. The summed E-state index contributed by atoms with van der Waals surface area (Å²) in [5.74, 6) is 2.66. The first kappa shape index (κ1) is 18.9. The molecule has 0 heterocycles. The monoisotopic (exact) mass is 320 g/mol. The van der Waals surface area contributed by atoms with Crippen LogP contribution < -0.4 is 26.3 Å². The maximum absolute atomic E-state index is 6.11. The number of quaternary nitrogens is 1. The predicted molar refractivity (Wildman–Crippen MR) is 93.7 cm³/mol. The third-order valence-corrected chi connectivity index (χ3v) is 3.99. The molecule has 0 aliphatic carbocycles. The lowest BCUT2D eigenvalue weighted by Gasteiger charge is -2.15. The molecule has 0 unspecified atom stereocenters. The van der Waals surface area contributed by atoms with Crippen molar-refractivity contribution in [1.29, 1.82) is 0 Å². The van der Waals surface area contributed by atoms with Gasteiger partial charge in [0.2, 0.25) is 0 Å². The molecule has 1 rings (SSSR count). The average molecular weight is 320 g/mol. The zero-order chi connectivity index (χ0) is 17.2. The number of benzene rings is 1. The molecule has 128 valence electrons. The molecule has 0 bridgehead atoms. The third-order valence-electron chi connectivity index (χ3n) is 3.99. The molecule has 5 heteroatoms. The van der Waals surface area contributed by atoms with E-state index in [0.717, 1.165) is 29.9 Å². The molecule has 0 aromatic heterocycles. The maximum atomic E-state index is 6.11. The molecule has 0 aliphatic heterocycles. The molecule has 0 saturated carbocycles. The fourth-order valence-corrected chi connectivity index (χ4v) is 2.53. The molecule has 23 heavy (non-hydrogen) atoms. The topological polar surface area (TPSA) is 84.2 Å². The Morgan fingerprint density at radius 2 is 1.96 bits per heavy atom. The predicted octanol–water partition coefficient (Wildman–Crippen LogP) is 2.16. The summed E-state index contributed by atoms with van der Waals surface area (Å²) < 4.78 is 10.6. The quantitative estimate of drug-likeness (QED) is 0.609. The fraction of sp³-hybridized carbons (Fsp3) is 0.444. The number of rotatable bonds is 9.